The molecular weight excluding hydrogens is 530 g/mol. The average Bonchev–Trinajstić information content (AvgIpc) is 3.29. The molecule has 0 saturated carbocycles. The number of nitrogens with two attached hydrogens (primary N) is 1. The van der Waals surface area contributed by atoms with E-state index in [1.54, 1.807) is 6.20 Å². The molecule has 14 heteroatoms. The molecule has 0 aliphatic carbocycles. The molecule has 0 aliphatic heterocycles. The molecule has 39 heavy (non-hydrogen) atoms. The van der Waals surface area contributed by atoms with Crippen molar-refractivity contribution in [2.45, 2.75) is 62.9 Å². The molecular formula is C25H35N5O8S. The third kappa shape index (κ3) is 9.57. The standard InChI is InChI=1S/C25H35N5O8S/c1-13(31)21(25(37)38)30-24(36)18(7-8-20(32)33)29-23(35)19(9-10-39-2)28-22(34)16(26)11-14-12-27-17-6-4-3-5-15(14)17/h3-6,12-13,16,18-19,21,27,31H,7-11,26H2,1-2H3,(H,28,34)(H,29,35)(H,30,36)(H,32,33)(H,37,38). The number of aliphatic hydroxyl groups is 1. The van der Waals surface area contributed by atoms with Gasteiger partial charge in [0.05, 0.1) is 12.1 Å². The van der Waals surface area contributed by atoms with E-state index in [1.807, 2.05) is 30.5 Å². The minimum absolute atomic E-state index is 0.192. The van der Waals surface area contributed by atoms with Gasteiger partial charge in [0.2, 0.25) is 17.7 Å². The lowest BCUT2D eigenvalue weighted by Gasteiger charge is -2.25. The van der Waals surface area contributed by atoms with Crippen molar-refractivity contribution in [3.8, 4) is 0 Å². The van der Waals surface area contributed by atoms with E-state index < -0.39 is 66.4 Å². The van der Waals surface area contributed by atoms with Crippen molar-refractivity contribution in [2.75, 3.05) is 12.0 Å². The van der Waals surface area contributed by atoms with Crippen molar-refractivity contribution in [3.63, 3.8) is 0 Å². The summed E-state index contributed by atoms with van der Waals surface area (Å²) in [5, 5.41) is 36.0. The summed E-state index contributed by atoms with van der Waals surface area (Å²) in [4.78, 5) is 64.4. The number of nitrogens with one attached hydrogen (secondary N) is 4. The Bertz CT molecular complexity index is 1170. The number of benzene rings is 1. The van der Waals surface area contributed by atoms with Gasteiger partial charge in [0, 0.05) is 23.5 Å². The number of para-hydroxylation sites is 1. The molecule has 1 aromatic carbocycles. The molecule has 13 nitrogen and oxygen atoms in total. The molecule has 2 aromatic rings. The van der Waals surface area contributed by atoms with Crippen LogP contribution >= 0.6 is 11.8 Å². The highest BCUT2D eigenvalue weighted by Crippen LogP contribution is 2.19. The van der Waals surface area contributed by atoms with Gasteiger partial charge in [0.15, 0.2) is 6.04 Å². The molecule has 9 N–H and O–H groups in total. The van der Waals surface area contributed by atoms with Crippen LogP contribution in [0, 0.1) is 0 Å². The Morgan fingerprint density at radius 1 is 0.974 bits per heavy atom. The predicted octanol–water partition coefficient (Wildman–Crippen LogP) is -0.425. The van der Waals surface area contributed by atoms with Crippen LogP contribution in [0.15, 0.2) is 30.5 Å². The fraction of sp³-hybridized carbons (Fsp3) is 0.480. The molecule has 2 rings (SSSR count). The Hall–Kier alpha value is -3.62. The monoisotopic (exact) mass is 565 g/mol. The number of rotatable bonds is 16. The number of hydrogen-bond acceptors (Lipinski definition) is 8. The first-order chi connectivity index (χ1) is 18.4. The summed E-state index contributed by atoms with van der Waals surface area (Å²) in [5.41, 5.74) is 7.87. The van der Waals surface area contributed by atoms with Gasteiger partial charge < -0.3 is 42.0 Å². The van der Waals surface area contributed by atoms with E-state index in [2.05, 4.69) is 20.9 Å². The smallest absolute Gasteiger partial charge is 0.328 e. The first-order valence-electron chi connectivity index (χ1n) is 12.3. The number of carbonyl (C=O) groups is 5. The summed E-state index contributed by atoms with van der Waals surface area (Å²) in [6, 6.07) is 2.36. The molecule has 5 unspecified atom stereocenters. The van der Waals surface area contributed by atoms with Crippen LogP contribution in [0.1, 0.15) is 31.7 Å². The van der Waals surface area contributed by atoms with Gasteiger partial charge in [-0.3, -0.25) is 19.2 Å². The van der Waals surface area contributed by atoms with Gasteiger partial charge in [-0.2, -0.15) is 11.8 Å². The average molecular weight is 566 g/mol. The number of amides is 3. The van der Waals surface area contributed by atoms with E-state index in [-0.39, 0.29) is 19.3 Å². The number of carboxylic acids is 2. The van der Waals surface area contributed by atoms with Crippen LogP contribution in [0.5, 0.6) is 0 Å². The Labute approximate surface area is 229 Å². The van der Waals surface area contributed by atoms with Gasteiger partial charge >= 0.3 is 11.9 Å². The Kier molecular flexibility index (Phi) is 12.2. The second kappa shape index (κ2) is 15.1. The maximum absolute atomic E-state index is 13.1. The number of aliphatic carboxylic acids is 2. The van der Waals surface area contributed by atoms with Gasteiger partial charge in [-0.15, -0.1) is 0 Å². The number of carboxylic acid groups (broad SMARTS) is 2. The van der Waals surface area contributed by atoms with Crippen LogP contribution in [0.25, 0.3) is 10.9 Å². The summed E-state index contributed by atoms with van der Waals surface area (Å²) in [7, 11) is 0. The minimum atomic E-state index is -1.67. The van der Waals surface area contributed by atoms with Crippen LogP contribution in [0.2, 0.25) is 0 Å². The highest BCUT2D eigenvalue weighted by atomic mass is 32.2. The number of H-pyrrole nitrogens is 1. The third-order valence-electron chi connectivity index (χ3n) is 6.02. The number of aromatic amines is 1. The number of fused-ring (bicyclic) bond motifs is 1. The van der Waals surface area contributed by atoms with E-state index in [4.69, 9.17) is 10.8 Å². The molecule has 0 radical (unpaired) electrons. The largest absolute Gasteiger partial charge is 0.481 e. The fourth-order valence-corrected chi connectivity index (χ4v) is 4.34. The zero-order chi connectivity index (χ0) is 29.1. The number of aliphatic hydroxyl groups excluding tert-OH is 1. The second-order valence-corrected chi connectivity index (χ2v) is 10.1. The van der Waals surface area contributed by atoms with E-state index in [1.165, 1.54) is 11.8 Å². The number of aromatic nitrogens is 1. The number of carbonyl (C=O) groups excluding carboxylic acids is 3. The van der Waals surface area contributed by atoms with Gasteiger partial charge in [0.1, 0.15) is 12.1 Å². The maximum Gasteiger partial charge on any atom is 0.328 e. The molecule has 1 heterocycles. The van der Waals surface area contributed by atoms with Gasteiger partial charge in [-0.05, 0) is 49.8 Å². The molecule has 5 atom stereocenters. The summed E-state index contributed by atoms with van der Waals surface area (Å²) < 4.78 is 0. The lowest BCUT2D eigenvalue weighted by atomic mass is 10.0. The van der Waals surface area contributed by atoms with Crippen molar-refractivity contribution in [3.05, 3.63) is 36.0 Å². The molecule has 0 aliphatic rings. The van der Waals surface area contributed by atoms with Crippen molar-refractivity contribution in [2.24, 2.45) is 5.73 Å². The first kappa shape index (κ1) is 31.6. The lowest BCUT2D eigenvalue weighted by molar-refractivity contribution is -0.145. The number of thioether (sulfide) groups is 1. The topological polar surface area (TPSA) is 224 Å². The van der Waals surface area contributed by atoms with E-state index >= 15 is 0 Å². The molecule has 214 valence electrons. The summed E-state index contributed by atoms with van der Waals surface area (Å²) in [6.45, 7) is 1.16. The Balaban J connectivity index is 2.14. The predicted molar refractivity (Wildman–Crippen MR) is 145 cm³/mol. The van der Waals surface area contributed by atoms with Crippen LogP contribution in [0.3, 0.4) is 0 Å². The van der Waals surface area contributed by atoms with Crippen LogP contribution in [0.4, 0.5) is 0 Å². The van der Waals surface area contributed by atoms with E-state index in [9.17, 15) is 34.2 Å². The van der Waals surface area contributed by atoms with Crippen molar-refractivity contribution in [1.82, 2.24) is 20.9 Å². The van der Waals surface area contributed by atoms with Crippen LogP contribution in [-0.4, -0.2) is 92.2 Å². The molecule has 0 fully saturated rings. The van der Waals surface area contributed by atoms with Crippen molar-refractivity contribution in [1.29, 1.82) is 0 Å². The minimum Gasteiger partial charge on any atom is -0.481 e. The van der Waals surface area contributed by atoms with E-state index in [0.29, 0.717) is 5.75 Å². The Morgan fingerprint density at radius 3 is 2.21 bits per heavy atom. The molecule has 1 aromatic heterocycles. The van der Waals surface area contributed by atoms with Crippen molar-refractivity contribution < 1.29 is 39.3 Å². The van der Waals surface area contributed by atoms with Gasteiger partial charge in [-0.25, -0.2) is 4.79 Å². The molecule has 0 spiro atoms. The van der Waals surface area contributed by atoms with Crippen LogP contribution in [-0.2, 0) is 30.4 Å². The Morgan fingerprint density at radius 2 is 1.59 bits per heavy atom. The highest BCUT2D eigenvalue weighted by Gasteiger charge is 2.32. The quantitative estimate of drug-likeness (QED) is 0.131. The normalized spacial score (nSPS) is 15.0. The highest BCUT2D eigenvalue weighted by molar-refractivity contribution is 7.98. The fourth-order valence-electron chi connectivity index (χ4n) is 3.86. The summed E-state index contributed by atoms with van der Waals surface area (Å²) in [6.07, 6.45) is 1.67. The van der Waals surface area contributed by atoms with Gasteiger partial charge in [-0.1, -0.05) is 18.2 Å². The first-order valence-corrected chi connectivity index (χ1v) is 13.7. The van der Waals surface area contributed by atoms with Crippen molar-refractivity contribution >= 4 is 52.3 Å². The molecule has 3 amide bonds. The zero-order valence-corrected chi connectivity index (χ0v) is 22.5. The maximum atomic E-state index is 13.1. The number of hydrogen-bond donors (Lipinski definition) is 8. The second-order valence-electron chi connectivity index (χ2n) is 9.07. The lowest BCUT2D eigenvalue weighted by Crippen LogP contribution is -2.58. The summed E-state index contributed by atoms with van der Waals surface area (Å²) >= 11 is 1.43. The molecule has 0 bridgehead atoms. The SMILES string of the molecule is CSCCC(NC(=O)C(N)Cc1c[nH]c2ccccc12)C(=O)NC(CCC(=O)O)C(=O)NC(C(=O)O)C(C)O. The van der Waals surface area contributed by atoms with E-state index in [0.717, 1.165) is 23.4 Å². The van der Waals surface area contributed by atoms with Crippen LogP contribution < -0.4 is 21.7 Å². The summed E-state index contributed by atoms with van der Waals surface area (Å²) in [5.74, 6) is -4.59. The van der Waals surface area contributed by atoms with Gasteiger partial charge in [0.25, 0.3) is 0 Å². The zero-order valence-electron chi connectivity index (χ0n) is 21.7. The molecule has 0 saturated heterocycles. The third-order valence-corrected chi connectivity index (χ3v) is 6.67.